The van der Waals surface area contributed by atoms with Gasteiger partial charge in [-0.1, -0.05) is 28.1 Å². The number of anilines is 1. The quantitative estimate of drug-likeness (QED) is 0.781. The maximum absolute atomic E-state index is 12.3. The molecule has 6 heteroatoms. The second-order valence-corrected chi connectivity index (χ2v) is 5.89. The number of carbonyl (C=O) groups is 1. The van der Waals surface area contributed by atoms with Crippen molar-refractivity contribution in [1.29, 1.82) is 0 Å². The minimum Gasteiger partial charge on any atom is -0.325 e. The summed E-state index contributed by atoms with van der Waals surface area (Å²) in [7, 11) is 1.70. The third kappa shape index (κ3) is 2.69. The summed E-state index contributed by atoms with van der Waals surface area (Å²) in [6, 6.07) is 14.7. The van der Waals surface area contributed by atoms with E-state index in [-0.39, 0.29) is 18.1 Å². The molecule has 1 heterocycles. The lowest BCUT2D eigenvalue weighted by atomic mass is 10.3. The Morgan fingerprint density at radius 3 is 2.41 bits per heavy atom. The number of fused-ring (bicyclic) bond motifs is 1. The average Bonchev–Trinajstić information content (AvgIpc) is 2.75. The summed E-state index contributed by atoms with van der Waals surface area (Å²) in [6.45, 7) is -0.0176. The summed E-state index contributed by atoms with van der Waals surface area (Å²) in [5.41, 5.74) is 2.05. The van der Waals surface area contributed by atoms with Crippen LogP contribution in [0, 0.1) is 0 Å². The molecule has 1 amide bonds. The van der Waals surface area contributed by atoms with E-state index in [1.807, 2.05) is 36.4 Å². The highest BCUT2D eigenvalue weighted by Gasteiger charge is 2.13. The zero-order chi connectivity index (χ0) is 15.7. The standard InChI is InChI=1S/C16H14BrN3O2/c1-19-13-4-2-3-5-14(13)20(16(19)22)10-15(21)18-12-8-6-11(17)7-9-12/h2-9H,10H2,1H3,(H,18,21). The molecule has 3 aromatic rings. The molecule has 0 spiro atoms. The Hall–Kier alpha value is -2.34. The molecule has 1 N–H and O–H groups in total. The van der Waals surface area contributed by atoms with Crippen molar-refractivity contribution in [2.24, 2.45) is 7.05 Å². The number of halogens is 1. The molecule has 2 aromatic carbocycles. The molecule has 0 radical (unpaired) electrons. The van der Waals surface area contributed by atoms with Crippen molar-refractivity contribution in [2.75, 3.05) is 5.32 Å². The van der Waals surface area contributed by atoms with Crippen LogP contribution in [0.1, 0.15) is 0 Å². The molecule has 0 saturated carbocycles. The first-order chi connectivity index (χ1) is 10.6. The van der Waals surface area contributed by atoms with Crippen molar-refractivity contribution in [3.63, 3.8) is 0 Å². The maximum Gasteiger partial charge on any atom is 0.329 e. The molecule has 1 aromatic heterocycles. The summed E-state index contributed by atoms with van der Waals surface area (Å²) >= 11 is 3.34. The fraction of sp³-hybridized carbons (Fsp3) is 0.125. The fourth-order valence-electron chi connectivity index (χ4n) is 2.39. The lowest BCUT2D eigenvalue weighted by Crippen LogP contribution is -2.28. The lowest BCUT2D eigenvalue weighted by molar-refractivity contribution is -0.116. The Balaban J connectivity index is 1.87. The Morgan fingerprint density at radius 2 is 1.73 bits per heavy atom. The first kappa shape index (κ1) is 14.6. The molecule has 112 valence electrons. The number of rotatable bonds is 3. The van der Waals surface area contributed by atoms with Crippen LogP contribution >= 0.6 is 15.9 Å². The third-order valence-electron chi connectivity index (χ3n) is 3.48. The van der Waals surface area contributed by atoms with E-state index in [0.717, 1.165) is 15.5 Å². The number of para-hydroxylation sites is 2. The van der Waals surface area contributed by atoms with E-state index in [4.69, 9.17) is 0 Å². The third-order valence-corrected chi connectivity index (χ3v) is 4.01. The average molecular weight is 360 g/mol. The number of carbonyl (C=O) groups excluding carboxylic acids is 1. The fourth-order valence-corrected chi connectivity index (χ4v) is 2.66. The number of benzene rings is 2. The van der Waals surface area contributed by atoms with Crippen molar-refractivity contribution in [1.82, 2.24) is 9.13 Å². The number of nitrogens with zero attached hydrogens (tertiary/aromatic N) is 2. The van der Waals surface area contributed by atoms with Crippen molar-refractivity contribution in [3.05, 3.63) is 63.5 Å². The second-order valence-electron chi connectivity index (χ2n) is 4.97. The summed E-state index contributed by atoms with van der Waals surface area (Å²) in [4.78, 5) is 24.4. The molecular weight excluding hydrogens is 346 g/mol. The molecule has 0 aliphatic carbocycles. The van der Waals surface area contributed by atoms with Gasteiger partial charge < -0.3 is 5.32 Å². The van der Waals surface area contributed by atoms with Crippen molar-refractivity contribution in [3.8, 4) is 0 Å². The molecule has 0 fully saturated rings. The Labute approximate surface area is 135 Å². The van der Waals surface area contributed by atoms with Crippen LogP contribution in [-0.4, -0.2) is 15.0 Å². The minimum atomic E-state index is -0.235. The van der Waals surface area contributed by atoms with Gasteiger partial charge in [-0.3, -0.25) is 13.9 Å². The molecule has 5 nitrogen and oxygen atoms in total. The molecule has 0 saturated heterocycles. The molecular formula is C16H14BrN3O2. The van der Waals surface area contributed by atoms with Crippen LogP contribution in [0.3, 0.4) is 0 Å². The van der Waals surface area contributed by atoms with Crippen LogP contribution in [0.2, 0.25) is 0 Å². The van der Waals surface area contributed by atoms with Gasteiger partial charge in [0.15, 0.2) is 0 Å². The minimum absolute atomic E-state index is 0.0176. The topological polar surface area (TPSA) is 56.0 Å². The van der Waals surface area contributed by atoms with E-state index in [9.17, 15) is 9.59 Å². The number of hydrogen-bond acceptors (Lipinski definition) is 2. The molecule has 0 unspecified atom stereocenters. The monoisotopic (exact) mass is 359 g/mol. The molecule has 0 atom stereocenters. The van der Waals surface area contributed by atoms with Gasteiger partial charge in [0.25, 0.3) is 0 Å². The highest BCUT2D eigenvalue weighted by Crippen LogP contribution is 2.15. The van der Waals surface area contributed by atoms with Gasteiger partial charge in [-0.25, -0.2) is 4.79 Å². The van der Waals surface area contributed by atoms with Crippen LogP contribution in [-0.2, 0) is 18.4 Å². The predicted octanol–water partition coefficient (Wildman–Crippen LogP) is 2.74. The number of imidazole rings is 1. The van der Waals surface area contributed by atoms with Gasteiger partial charge in [-0.05, 0) is 36.4 Å². The predicted molar refractivity (Wildman–Crippen MR) is 90.0 cm³/mol. The highest BCUT2D eigenvalue weighted by molar-refractivity contribution is 9.10. The summed E-state index contributed by atoms with van der Waals surface area (Å²) in [5, 5.41) is 2.79. The van der Waals surface area contributed by atoms with Crippen molar-refractivity contribution >= 4 is 38.6 Å². The van der Waals surface area contributed by atoms with Crippen LogP contribution in [0.4, 0.5) is 5.69 Å². The largest absolute Gasteiger partial charge is 0.329 e. The highest BCUT2D eigenvalue weighted by atomic mass is 79.9. The van der Waals surface area contributed by atoms with Gasteiger partial charge in [0.2, 0.25) is 5.91 Å². The normalized spacial score (nSPS) is 10.8. The number of nitrogens with one attached hydrogen (secondary N) is 1. The van der Waals surface area contributed by atoms with Gasteiger partial charge in [-0.2, -0.15) is 0 Å². The summed E-state index contributed by atoms with van der Waals surface area (Å²) in [6.07, 6.45) is 0. The number of aromatic nitrogens is 2. The zero-order valence-corrected chi connectivity index (χ0v) is 13.5. The van der Waals surface area contributed by atoms with E-state index in [1.165, 1.54) is 4.57 Å². The van der Waals surface area contributed by atoms with Gasteiger partial charge in [0, 0.05) is 17.2 Å². The molecule has 3 rings (SSSR count). The van der Waals surface area contributed by atoms with Gasteiger partial charge in [-0.15, -0.1) is 0 Å². The van der Waals surface area contributed by atoms with Crippen molar-refractivity contribution in [2.45, 2.75) is 6.54 Å². The van der Waals surface area contributed by atoms with Crippen LogP contribution in [0.25, 0.3) is 11.0 Å². The summed E-state index contributed by atoms with van der Waals surface area (Å²) < 4.78 is 3.96. The van der Waals surface area contributed by atoms with E-state index in [2.05, 4.69) is 21.2 Å². The van der Waals surface area contributed by atoms with Gasteiger partial charge >= 0.3 is 5.69 Å². The van der Waals surface area contributed by atoms with Crippen LogP contribution in [0.5, 0.6) is 0 Å². The molecule has 0 aliphatic heterocycles. The molecule has 0 bridgehead atoms. The molecule has 0 aliphatic rings. The first-order valence-corrected chi connectivity index (χ1v) is 7.55. The van der Waals surface area contributed by atoms with E-state index in [1.54, 1.807) is 23.7 Å². The zero-order valence-electron chi connectivity index (χ0n) is 11.9. The van der Waals surface area contributed by atoms with Crippen LogP contribution in [0.15, 0.2) is 57.8 Å². The maximum atomic E-state index is 12.3. The van der Waals surface area contributed by atoms with Crippen molar-refractivity contribution < 1.29 is 4.79 Å². The molecule has 22 heavy (non-hydrogen) atoms. The van der Waals surface area contributed by atoms with E-state index >= 15 is 0 Å². The Bertz CT molecular complexity index is 894. The van der Waals surface area contributed by atoms with Crippen LogP contribution < -0.4 is 11.0 Å². The van der Waals surface area contributed by atoms with E-state index < -0.39 is 0 Å². The summed E-state index contributed by atoms with van der Waals surface area (Å²) in [5.74, 6) is -0.235. The first-order valence-electron chi connectivity index (χ1n) is 6.76. The number of aryl methyl sites for hydroxylation is 1. The van der Waals surface area contributed by atoms with Gasteiger partial charge in [0.05, 0.1) is 11.0 Å². The Morgan fingerprint density at radius 1 is 1.09 bits per heavy atom. The SMILES string of the molecule is Cn1c(=O)n(CC(=O)Nc2ccc(Br)cc2)c2ccccc21. The Kier molecular flexibility index (Phi) is 3.85. The second kappa shape index (κ2) is 5.81. The number of amides is 1. The number of hydrogen-bond donors (Lipinski definition) is 1. The smallest absolute Gasteiger partial charge is 0.325 e. The van der Waals surface area contributed by atoms with Gasteiger partial charge in [0.1, 0.15) is 6.54 Å². The lowest BCUT2D eigenvalue weighted by Gasteiger charge is -2.06. The van der Waals surface area contributed by atoms with E-state index in [0.29, 0.717) is 5.69 Å².